The highest BCUT2D eigenvalue weighted by atomic mass is 19.4. The Hall–Kier alpha value is -2.83. The zero-order valence-electron chi connectivity index (χ0n) is 11.1. The van der Waals surface area contributed by atoms with Gasteiger partial charge in [0.05, 0.1) is 11.2 Å². The lowest BCUT2D eigenvalue weighted by molar-refractivity contribution is -0.274. The molecule has 3 rings (SSSR count). The Morgan fingerprint density at radius 1 is 1.05 bits per heavy atom. The van der Waals surface area contributed by atoms with E-state index in [0.29, 0.717) is 16.8 Å². The van der Waals surface area contributed by atoms with Crippen molar-refractivity contribution >= 4 is 16.7 Å². The summed E-state index contributed by atoms with van der Waals surface area (Å²) in [5.41, 5.74) is 7.16. The van der Waals surface area contributed by atoms with Crippen LogP contribution in [0.25, 0.3) is 22.2 Å². The first-order valence-electron chi connectivity index (χ1n) is 6.30. The number of fused-ring (bicyclic) bond motifs is 1. The number of alkyl halides is 3. The fourth-order valence-electron chi connectivity index (χ4n) is 2.15. The Morgan fingerprint density at radius 2 is 1.86 bits per heavy atom. The molecule has 2 N–H and O–H groups in total. The number of hydrogen-bond donors (Lipinski definition) is 1. The summed E-state index contributed by atoms with van der Waals surface area (Å²) in [5, 5.41) is 0.757. The van der Waals surface area contributed by atoms with Crippen LogP contribution in [0.1, 0.15) is 0 Å². The lowest BCUT2D eigenvalue weighted by Gasteiger charge is -2.11. The van der Waals surface area contributed by atoms with Gasteiger partial charge in [0, 0.05) is 17.1 Å². The molecule has 0 radical (unpaired) electrons. The van der Waals surface area contributed by atoms with Crippen molar-refractivity contribution in [3.05, 3.63) is 48.7 Å². The maximum atomic E-state index is 12.3. The van der Waals surface area contributed by atoms with Gasteiger partial charge in [-0.05, 0) is 24.3 Å². The number of benzene rings is 1. The van der Waals surface area contributed by atoms with Crippen molar-refractivity contribution in [2.75, 3.05) is 5.73 Å². The maximum Gasteiger partial charge on any atom is 0.573 e. The second-order valence-electron chi connectivity index (χ2n) is 4.55. The number of aromatic nitrogens is 2. The summed E-state index contributed by atoms with van der Waals surface area (Å²) in [6.07, 6.45) is -3.16. The molecule has 0 unspecified atom stereocenters. The molecule has 0 fully saturated rings. The SMILES string of the molecule is Nc1cc2cccnc2c(-c2cccc(OC(F)(F)F)c2)n1. The summed E-state index contributed by atoms with van der Waals surface area (Å²) >= 11 is 0. The highest BCUT2D eigenvalue weighted by molar-refractivity contribution is 5.93. The predicted molar refractivity (Wildman–Crippen MR) is 76.1 cm³/mol. The number of anilines is 1. The molecule has 0 saturated heterocycles. The van der Waals surface area contributed by atoms with Crippen LogP contribution in [0.5, 0.6) is 5.75 Å². The number of ether oxygens (including phenoxy) is 1. The van der Waals surface area contributed by atoms with Gasteiger partial charge in [-0.2, -0.15) is 0 Å². The molecule has 0 bridgehead atoms. The van der Waals surface area contributed by atoms with Gasteiger partial charge in [-0.15, -0.1) is 13.2 Å². The minimum absolute atomic E-state index is 0.262. The van der Waals surface area contributed by atoms with Gasteiger partial charge in [-0.25, -0.2) is 4.98 Å². The molecule has 7 heteroatoms. The normalized spacial score (nSPS) is 11.6. The summed E-state index contributed by atoms with van der Waals surface area (Å²) in [5.74, 6) is -0.0593. The van der Waals surface area contributed by atoms with Crippen molar-refractivity contribution in [1.82, 2.24) is 9.97 Å². The number of pyridine rings is 2. The average molecular weight is 305 g/mol. The van der Waals surface area contributed by atoms with E-state index in [1.54, 1.807) is 30.5 Å². The molecular weight excluding hydrogens is 295 g/mol. The van der Waals surface area contributed by atoms with Gasteiger partial charge in [0.2, 0.25) is 0 Å². The molecule has 0 spiro atoms. The molecule has 0 aliphatic carbocycles. The Kier molecular flexibility index (Phi) is 3.32. The number of rotatable bonds is 2. The number of nitrogen functional groups attached to an aromatic ring is 1. The van der Waals surface area contributed by atoms with Crippen LogP contribution in [0.2, 0.25) is 0 Å². The zero-order chi connectivity index (χ0) is 15.7. The van der Waals surface area contributed by atoms with Gasteiger partial charge >= 0.3 is 6.36 Å². The van der Waals surface area contributed by atoms with Crippen LogP contribution in [0.4, 0.5) is 19.0 Å². The molecule has 0 amide bonds. The van der Waals surface area contributed by atoms with E-state index in [-0.39, 0.29) is 11.6 Å². The molecule has 22 heavy (non-hydrogen) atoms. The van der Waals surface area contributed by atoms with Gasteiger partial charge in [0.15, 0.2) is 0 Å². The van der Waals surface area contributed by atoms with E-state index >= 15 is 0 Å². The maximum absolute atomic E-state index is 12.3. The lowest BCUT2D eigenvalue weighted by Crippen LogP contribution is -2.17. The molecule has 112 valence electrons. The topological polar surface area (TPSA) is 61.0 Å². The van der Waals surface area contributed by atoms with E-state index in [4.69, 9.17) is 5.73 Å². The van der Waals surface area contributed by atoms with Gasteiger partial charge < -0.3 is 10.5 Å². The van der Waals surface area contributed by atoms with Crippen LogP contribution in [0.3, 0.4) is 0 Å². The quantitative estimate of drug-likeness (QED) is 0.782. The number of halogens is 3. The van der Waals surface area contributed by atoms with E-state index in [9.17, 15) is 13.2 Å². The average Bonchev–Trinajstić information content (AvgIpc) is 2.45. The second-order valence-corrected chi connectivity index (χ2v) is 4.55. The van der Waals surface area contributed by atoms with Crippen LogP contribution in [-0.2, 0) is 0 Å². The van der Waals surface area contributed by atoms with E-state index in [2.05, 4.69) is 14.7 Å². The summed E-state index contributed by atoms with van der Waals surface area (Å²) < 4.78 is 40.9. The molecule has 0 aliphatic heterocycles. The largest absolute Gasteiger partial charge is 0.573 e. The first-order valence-corrected chi connectivity index (χ1v) is 6.30. The molecule has 0 aliphatic rings. The third-order valence-electron chi connectivity index (χ3n) is 2.95. The second kappa shape index (κ2) is 5.18. The lowest BCUT2D eigenvalue weighted by atomic mass is 10.1. The van der Waals surface area contributed by atoms with Crippen LogP contribution < -0.4 is 10.5 Å². The van der Waals surface area contributed by atoms with Gasteiger partial charge in [0.1, 0.15) is 11.6 Å². The highest BCUT2D eigenvalue weighted by Gasteiger charge is 2.31. The van der Waals surface area contributed by atoms with Crippen molar-refractivity contribution in [1.29, 1.82) is 0 Å². The van der Waals surface area contributed by atoms with Crippen molar-refractivity contribution in [3.8, 4) is 17.0 Å². The smallest absolute Gasteiger partial charge is 0.406 e. The third kappa shape index (κ3) is 2.93. The van der Waals surface area contributed by atoms with E-state index in [1.165, 1.54) is 18.2 Å². The Bertz CT molecular complexity index is 834. The monoisotopic (exact) mass is 305 g/mol. The van der Waals surface area contributed by atoms with E-state index in [0.717, 1.165) is 5.39 Å². The number of nitrogens with two attached hydrogens (primary N) is 1. The zero-order valence-corrected chi connectivity index (χ0v) is 11.1. The Balaban J connectivity index is 2.14. The molecule has 2 aromatic heterocycles. The summed E-state index contributed by atoms with van der Waals surface area (Å²) in [7, 11) is 0. The van der Waals surface area contributed by atoms with Crippen LogP contribution in [-0.4, -0.2) is 16.3 Å². The summed E-state index contributed by atoms with van der Waals surface area (Å²) in [4.78, 5) is 8.41. The number of hydrogen-bond acceptors (Lipinski definition) is 4. The predicted octanol–water partition coefficient (Wildman–Crippen LogP) is 3.78. The Morgan fingerprint density at radius 3 is 2.64 bits per heavy atom. The Labute approximate surface area is 123 Å². The van der Waals surface area contributed by atoms with E-state index < -0.39 is 6.36 Å². The van der Waals surface area contributed by atoms with E-state index in [1.807, 2.05) is 0 Å². The molecule has 2 heterocycles. The van der Waals surface area contributed by atoms with Crippen molar-refractivity contribution in [2.24, 2.45) is 0 Å². The van der Waals surface area contributed by atoms with Crippen molar-refractivity contribution in [2.45, 2.75) is 6.36 Å². The van der Waals surface area contributed by atoms with Crippen LogP contribution >= 0.6 is 0 Å². The van der Waals surface area contributed by atoms with Crippen molar-refractivity contribution < 1.29 is 17.9 Å². The van der Waals surface area contributed by atoms with Crippen LogP contribution in [0.15, 0.2) is 48.7 Å². The number of nitrogens with zero attached hydrogens (tertiary/aromatic N) is 2. The summed E-state index contributed by atoms with van der Waals surface area (Å²) in [6.45, 7) is 0. The van der Waals surface area contributed by atoms with Crippen molar-refractivity contribution in [3.63, 3.8) is 0 Å². The fraction of sp³-hybridized carbons (Fsp3) is 0.0667. The molecule has 4 nitrogen and oxygen atoms in total. The summed E-state index contributed by atoms with van der Waals surface area (Å²) in [6, 6.07) is 10.8. The minimum Gasteiger partial charge on any atom is -0.406 e. The van der Waals surface area contributed by atoms with Crippen LogP contribution in [0, 0.1) is 0 Å². The minimum atomic E-state index is -4.75. The molecule has 0 saturated carbocycles. The molecule has 0 atom stereocenters. The standard InChI is InChI=1S/C15H10F3N3O/c16-15(17,18)22-11-5-1-3-9(7-11)14-13-10(4-2-6-20-13)8-12(19)21-14/h1-8H,(H2,19,21). The first kappa shape index (κ1) is 14.1. The van der Waals surface area contributed by atoms with Gasteiger partial charge in [-0.1, -0.05) is 18.2 Å². The third-order valence-corrected chi connectivity index (χ3v) is 2.95. The van der Waals surface area contributed by atoms with Gasteiger partial charge in [0.25, 0.3) is 0 Å². The first-order chi connectivity index (χ1) is 10.4. The van der Waals surface area contributed by atoms with Gasteiger partial charge in [-0.3, -0.25) is 4.98 Å². The molecule has 3 aromatic rings. The molecular formula is C15H10F3N3O. The molecule has 1 aromatic carbocycles. The fourth-order valence-corrected chi connectivity index (χ4v) is 2.15. The highest BCUT2D eigenvalue weighted by Crippen LogP contribution is 2.31.